The van der Waals surface area contributed by atoms with E-state index in [1.54, 1.807) is 17.1 Å². The number of hydrogen-bond acceptors (Lipinski definition) is 5. The summed E-state index contributed by atoms with van der Waals surface area (Å²) < 4.78 is 7.91. The zero-order valence-electron chi connectivity index (χ0n) is 15.0. The first-order valence-corrected chi connectivity index (χ1v) is 9.01. The number of β-amino-alcohol motifs (C(OH)–C–C–N with tert-alkyl or cyclic N) is 1. The Balaban J connectivity index is 1.48. The molecule has 1 aromatic heterocycles. The van der Waals surface area contributed by atoms with Crippen LogP contribution in [0.3, 0.4) is 0 Å². The zero-order chi connectivity index (χ0) is 17.5. The number of aliphatic hydroxyl groups is 1. The highest BCUT2D eigenvalue weighted by molar-refractivity contribution is 5.45. The molecule has 2 aliphatic rings. The van der Waals surface area contributed by atoms with Crippen LogP contribution in [0.15, 0.2) is 30.6 Å². The summed E-state index contributed by atoms with van der Waals surface area (Å²) in [4.78, 5) is 2.32. The monoisotopic (exact) mass is 342 g/mol. The molecule has 0 radical (unpaired) electrons. The molecule has 1 saturated heterocycles. The van der Waals surface area contributed by atoms with E-state index in [4.69, 9.17) is 4.74 Å². The summed E-state index contributed by atoms with van der Waals surface area (Å²) in [6, 6.07) is 6.42. The summed E-state index contributed by atoms with van der Waals surface area (Å²) >= 11 is 0. The van der Waals surface area contributed by atoms with Gasteiger partial charge in [0.05, 0.1) is 18.3 Å². The minimum atomic E-state index is -0.760. The molecular formula is C19H26N4O2. The minimum Gasteiger partial charge on any atom is -0.487 e. The fourth-order valence-corrected chi connectivity index (χ4v) is 4.13. The Morgan fingerprint density at radius 3 is 3.00 bits per heavy atom. The van der Waals surface area contributed by atoms with Crippen molar-refractivity contribution in [2.24, 2.45) is 0 Å². The van der Waals surface area contributed by atoms with Crippen LogP contribution >= 0.6 is 0 Å². The van der Waals surface area contributed by atoms with Crippen molar-refractivity contribution in [1.82, 2.24) is 19.9 Å². The molecule has 1 unspecified atom stereocenters. The van der Waals surface area contributed by atoms with Crippen molar-refractivity contribution in [3.8, 4) is 5.75 Å². The first kappa shape index (κ1) is 16.5. The molecule has 0 amide bonds. The van der Waals surface area contributed by atoms with Crippen molar-refractivity contribution < 1.29 is 9.84 Å². The van der Waals surface area contributed by atoms with Gasteiger partial charge in [0.1, 0.15) is 11.4 Å². The number of piperidine rings is 1. The van der Waals surface area contributed by atoms with E-state index in [1.807, 2.05) is 0 Å². The van der Waals surface area contributed by atoms with Gasteiger partial charge in [0.25, 0.3) is 0 Å². The van der Waals surface area contributed by atoms with Crippen LogP contribution in [-0.4, -0.2) is 49.3 Å². The molecule has 3 heterocycles. The average molecular weight is 342 g/mol. The summed E-state index contributed by atoms with van der Waals surface area (Å²) in [5.41, 5.74) is 1.61. The van der Waals surface area contributed by atoms with E-state index in [-0.39, 0.29) is 5.60 Å². The Bertz CT molecular complexity index is 744. The van der Waals surface area contributed by atoms with E-state index in [1.165, 1.54) is 11.1 Å². The van der Waals surface area contributed by atoms with Gasteiger partial charge in [-0.1, -0.05) is 23.4 Å². The highest BCUT2D eigenvalue weighted by Crippen LogP contribution is 2.38. The second kappa shape index (κ2) is 6.11. The lowest BCUT2D eigenvalue weighted by Gasteiger charge is -2.39. The lowest BCUT2D eigenvalue weighted by Crippen LogP contribution is -2.50. The number of benzene rings is 1. The molecule has 4 rings (SSSR count). The van der Waals surface area contributed by atoms with Gasteiger partial charge in [-0.25, -0.2) is 4.68 Å². The van der Waals surface area contributed by atoms with Crippen LogP contribution in [-0.2, 0) is 19.5 Å². The molecule has 0 aliphatic carbocycles. The first-order valence-electron chi connectivity index (χ1n) is 9.01. The van der Waals surface area contributed by atoms with Gasteiger partial charge in [-0.2, -0.15) is 0 Å². The number of hydrogen-bond donors (Lipinski definition) is 1. The Morgan fingerprint density at radius 2 is 2.20 bits per heavy atom. The van der Waals surface area contributed by atoms with Crippen LogP contribution in [0.1, 0.15) is 37.8 Å². The Hall–Kier alpha value is -1.92. The van der Waals surface area contributed by atoms with Gasteiger partial charge in [0, 0.05) is 31.3 Å². The summed E-state index contributed by atoms with van der Waals surface area (Å²) in [6.07, 6.45) is 6.17. The van der Waals surface area contributed by atoms with E-state index in [0.29, 0.717) is 13.1 Å². The molecule has 2 aromatic rings. The summed E-state index contributed by atoms with van der Waals surface area (Å²) in [5, 5.41) is 18.8. The highest BCUT2D eigenvalue weighted by atomic mass is 16.5. The molecule has 6 heteroatoms. The maximum Gasteiger partial charge on any atom is 0.127 e. The third kappa shape index (κ3) is 3.55. The summed E-state index contributed by atoms with van der Waals surface area (Å²) in [7, 11) is 0. The first-order chi connectivity index (χ1) is 11.9. The average Bonchev–Trinajstić information content (AvgIpc) is 3.13. The Morgan fingerprint density at radius 1 is 1.32 bits per heavy atom. The molecule has 1 atom stereocenters. The third-order valence-corrected chi connectivity index (χ3v) is 5.13. The fourth-order valence-electron chi connectivity index (χ4n) is 4.13. The number of aromatic nitrogens is 3. The van der Waals surface area contributed by atoms with Gasteiger partial charge < -0.3 is 9.84 Å². The minimum absolute atomic E-state index is 0.131. The second-order valence-corrected chi connectivity index (χ2v) is 8.08. The Labute approximate surface area is 148 Å². The summed E-state index contributed by atoms with van der Waals surface area (Å²) in [6.45, 7) is 7.19. The van der Waals surface area contributed by atoms with Crippen molar-refractivity contribution in [2.75, 3.05) is 13.1 Å². The van der Waals surface area contributed by atoms with Crippen LogP contribution in [0.4, 0.5) is 0 Å². The maximum absolute atomic E-state index is 11.0. The van der Waals surface area contributed by atoms with Gasteiger partial charge >= 0.3 is 0 Å². The van der Waals surface area contributed by atoms with E-state index in [2.05, 4.69) is 47.3 Å². The van der Waals surface area contributed by atoms with E-state index >= 15 is 0 Å². The quantitative estimate of drug-likeness (QED) is 0.921. The molecule has 134 valence electrons. The normalized spacial score (nSPS) is 25.6. The molecule has 2 aliphatic heterocycles. The van der Waals surface area contributed by atoms with E-state index in [0.717, 1.165) is 38.1 Å². The SMILES string of the molecule is CC1(C)Cc2cccc(CN3CCCC(O)(Cn4ccnn4)C3)c2O1. The van der Waals surface area contributed by atoms with Crippen molar-refractivity contribution >= 4 is 0 Å². The van der Waals surface area contributed by atoms with E-state index < -0.39 is 5.60 Å². The smallest absolute Gasteiger partial charge is 0.127 e. The number of fused-ring (bicyclic) bond motifs is 1. The standard InChI is InChI=1S/C19H26N4O2/c1-18(2)11-15-5-3-6-16(17(15)25-18)12-22-9-4-7-19(24,13-22)14-23-10-8-20-21-23/h3,5-6,8,10,24H,4,7,9,11-14H2,1-2H3. The maximum atomic E-state index is 11.0. The topological polar surface area (TPSA) is 63.4 Å². The van der Waals surface area contributed by atoms with Crippen molar-refractivity contribution in [1.29, 1.82) is 0 Å². The zero-order valence-corrected chi connectivity index (χ0v) is 15.0. The number of nitrogens with zero attached hydrogens (tertiary/aromatic N) is 4. The molecule has 1 aromatic carbocycles. The van der Waals surface area contributed by atoms with Gasteiger partial charge in [0.15, 0.2) is 0 Å². The van der Waals surface area contributed by atoms with Crippen LogP contribution in [0.2, 0.25) is 0 Å². The third-order valence-electron chi connectivity index (χ3n) is 5.13. The van der Waals surface area contributed by atoms with Crippen LogP contribution < -0.4 is 4.74 Å². The molecule has 1 fully saturated rings. The number of likely N-dealkylation sites (tertiary alicyclic amines) is 1. The van der Waals surface area contributed by atoms with E-state index in [9.17, 15) is 5.11 Å². The van der Waals surface area contributed by atoms with Crippen molar-refractivity contribution in [2.45, 2.75) is 57.4 Å². The predicted octanol–water partition coefficient (Wildman–Crippen LogP) is 2.02. The molecule has 0 saturated carbocycles. The van der Waals surface area contributed by atoms with Gasteiger partial charge in [-0.05, 0) is 38.8 Å². The molecule has 1 N–H and O–H groups in total. The Kier molecular flexibility index (Phi) is 4.04. The lowest BCUT2D eigenvalue weighted by molar-refractivity contribution is -0.0481. The second-order valence-electron chi connectivity index (χ2n) is 8.08. The molecule has 25 heavy (non-hydrogen) atoms. The van der Waals surface area contributed by atoms with Crippen LogP contribution in [0.5, 0.6) is 5.75 Å². The fraction of sp³-hybridized carbons (Fsp3) is 0.579. The number of ether oxygens (including phenoxy) is 1. The lowest BCUT2D eigenvalue weighted by atomic mass is 9.92. The van der Waals surface area contributed by atoms with Gasteiger partial charge in [-0.15, -0.1) is 5.10 Å². The summed E-state index contributed by atoms with van der Waals surface area (Å²) in [5.74, 6) is 1.04. The van der Waals surface area contributed by atoms with Crippen LogP contribution in [0.25, 0.3) is 0 Å². The van der Waals surface area contributed by atoms with Gasteiger partial charge in [0.2, 0.25) is 0 Å². The largest absolute Gasteiger partial charge is 0.487 e. The number of rotatable bonds is 4. The molecule has 0 spiro atoms. The highest BCUT2D eigenvalue weighted by Gasteiger charge is 2.36. The molecule has 6 nitrogen and oxygen atoms in total. The molecular weight excluding hydrogens is 316 g/mol. The van der Waals surface area contributed by atoms with Crippen LogP contribution in [0, 0.1) is 0 Å². The van der Waals surface area contributed by atoms with Crippen molar-refractivity contribution in [3.05, 3.63) is 41.7 Å². The number of para-hydroxylation sites is 1. The van der Waals surface area contributed by atoms with Gasteiger partial charge in [-0.3, -0.25) is 4.90 Å². The van der Waals surface area contributed by atoms with Crippen molar-refractivity contribution in [3.63, 3.8) is 0 Å². The molecule has 0 bridgehead atoms. The predicted molar refractivity (Wildman–Crippen MR) is 94.3 cm³/mol.